The van der Waals surface area contributed by atoms with Gasteiger partial charge in [-0.05, 0) is 25.6 Å². The van der Waals surface area contributed by atoms with Crippen molar-refractivity contribution in [1.29, 1.82) is 0 Å². The summed E-state index contributed by atoms with van der Waals surface area (Å²) in [6, 6.07) is 0. The average Bonchev–Trinajstić information content (AvgIpc) is 1.83. The highest BCUT2D eigenvalue weighted by molar-refractivity contribution is 6.13. The van der Waals surface area contributed by atoms with Crippen molar-refractivity contribution in [2.45, 2.75) is 25.8 Å². The molecule has 0 saturated carbocycles. The molecule has 0 spiro atoms. The molecule has 0 heterocycles. The van der Waals surface area contributed by atoms with Gasteiger partial charge in [0.2, 0.25) is 0 Å². The number of halogens is 2. The van der Waals surface area contributed by atoms with Gasteiger partial charge in [-0.25, -0.2) is 4.84 Å². The van der Waals surface area contributed by atoms with Gasteiger partial charge in [0.15, 0.2) is 0 Å². The molecule has 0 amide bonds. The smallest absolute Gasteiger partial charge is 0.0798 e. The van der Waals surface area contributed by atoms with Crippen molar-refractivity contribution in [2.75, 3.05) is 27.7 Å². The van der Waals surface area contributed by atoms with Crippen molar-refractivity contribution in [3.63, 3.8) is 0 Å². The van der Waals surface area contributed by atoms with E-state index in [9.17, 15) is 0 Å². The number of quaternary nitrogens is 1. The van der Waals surface area contributed by atoms with Gasteiger partial charge in [0.1, 0.15) is 0 Å². The van der Waals surface area contributed by atoms with Crippen LogP contribution < -0.4 is 17.2 Å². The standard InChI is InChI=1S/C8H20ClN2.ClH/c1-8(2,10-9)6-7-11(3,4)5;/h10H,6-7H2,1-5H3;1H/q+1;/p-1. The van der Waals surface area contributed by atoms with Crippen LogP contribution in [0.2, 0.25) is 0 Å². The maximum Gasteiger partial charge on any atom is 0.0798 e. The van der Waals surface area contributed by atoms with Gasteiger partial charge in [-0.15, -0.1) is 0 Å². The van der Waals surface area contributed by atoms with Crippen LogP contribution in [0.3, 0.4) is 0 Å². The third-order valence-corrected chi connectivity index (χ3v) is 2.18. The first-order valence-electron chi connectivity index (χ1n) is 3.95. The predicted octanol–water partition coefficient (Wildman–Crippen LogP) is -1.39. The first-order valence-corrected chi connectivity index (χ1v) is 4.33. The minimum Gasteiger partial charge on any atom is -1.00 e. The van der Waals surface area contributed by atoms with Gasteiger partial charge in [0.25, 0.3) is 0 Å². The van der Waals surface area contributed by atoms with Gasteiger partial charge in [-0.1, -0.05) is 0 Å². The third-order valence-electron chi connectivity index (χ3n) is 1.66. The maximum atomic E-state index is 5.57. The van der Waals surface area contributed by atoms with Gasteiger partial charge in [0, 0.05) is 12.0 Å². The van der Waals surface area contributed by atoms with Crippen LogP contribution in [0.15, 0.2) is 0 Å². The van der Waals surface area contributed by atoms with Crippen LogP contribution in [0, 0.1) is 0 Å². The fourth-order valence-electron chi connectivity index (χ4n) is 0.662. The molecule has 0 radical (unpaired) electrons. The van der Waals surface area contributed by atoms with Gasteiger partial charge in [-0.2, -0.15) is 0 Å². The Morgan fingerprint density at radius 2 is 1.67 bits per heavy atom. The van der Waals surface area contributed by atoms with E-state index in [4.69, 9.17) is 11.8 Å². The van der Waals surface area contributed by atoms with E-state index in [0.29, 0.717) is 0 Å². The fourth-order valence-corrected chi connectivity index (χ4v) is 0.757. The normalized spacial score (nSPS) is 12.5. The molecule has 0 aromatic rings. The SMILES string of the molecule is CC(C)(CC[N+](C)(C)C)NCl.[Cl-]. The first kappa shape index (κ1) is 15.0. The van der Waals surface area contributed by atoms with Gasteiger partial charge in [-0.3, -0.25) is 0 Å². The highest BCUT2D eigenvalue weighted by atomic mass is 35.5. The lowest BCUT2D eigenvalue weighted by atomic mass is 10.0. The Labute approximate surface area is 87.4 Å². The predicted molar refractivity (Wildman–Crippen MR) is 50.6 cm³/mol. The second-order valence-electron chi connectivity index (χ2n) is 4.74. The Kier molecular flexibility index (Phi) is 6.59. The van der Waals surface area contributed by atoms with E-state index in [-0.39, 0.29) is 17.9 Å². The fraction of sp³-hybridized carbons (Fsp3) is 1.00. The van der Waals surface area contributed by atoms with Crippen molar-refractivity contribution in [1.82, 2.24) is 4.84 Å². The second-order valence-corrected chi connectivity index (χ2v) is 4.93. The van der Waals surface area contributed by atoms with Crippen LogP contribution in [0.5, 0.6) is 0 Å². The van der Waals surface area contributed by atoms with Crippen molar-refractivity contribution in [3.8, 4) is 0 Å². The molecular formula is C8H20Cl2N2. The maximum absolute atomic E-state index is 5.57. The Bertz CT molecular complexity index is 119. The molecule has 0 aromatic carbocycles. The zero-order valence-electron chi connectivity index (χ0n) is 8.62. The molecule has 0 bridgehead atoms. The van der Waals surface area contributed by atoms with Crippen LogP contribution in [-0.4, -0.2) is 37.7 Å². The molecule has 0 aliphatic carbocycles. The molecule has 0 aromatic heterocycles. The molecule has 4 heteroatoms. The Morgan fingerprint density at radius 1 is 1.25 bits per heavy atom. The van der Waals surface area contributed by atoms with Crippen molar-refractivity contribution in [2.24, 2.45) is 0 Å². The summed E-state index contributed by atoms with van der Waals surface area (Å²) in [5.74, 6) is 0. The van der Waals surface area contributed by atoms with E-state index in [0.717, 1.165) is 17.4 Å². The number of hydrogen-bond donors (Lipinski definition) is 1. The molecule has 76 valence electrons. The lowest BCUT2D eigenvalue weighted by Gasteiger charge is -2.29. The number of nitrogens with zero attached hydrogens (tertiary/aromatic N) is 1. The van der Waals surface area contributed by atoms with E-state index in [1.54, 1.807) is 0 Å². The molecule has 0 rings (SSSR count). The molecule has 2 nitrogen and oxygen atoms in total. The number of rotatable bonds is 4. The molecule has 0 aliphatic heterocycles. The Morgan fingerprint density at radius 3 is 1.92 bits per heavy atom. The zero-order valence-corrected chi connectivity index (χ0v) is 10.1. The van der Waals surface area contributed by atoms with E-state index in [1.807, 2.05) is 0 Å². The van der Waals surface area contributed by atoms with E-state index >= 15 is 0 Å². The molecule has 1 N–H and O–H groups in total. The van der Waals surface area contributed by atoms with E-state index < -0.39 is 0 Å². The largest absolute Gasteiger partial charge is 1.00 e. The first-order chi connectivity index (χ1) is 4.77. The molecule has 0 fully saturated rings. The second kappa shape index (κ2) is 5.28. The monoisotopic (exact) mass is 214 g/mol. The minimum absolute atomic E-state index is 0. The van der Waals surface area contributed by atoms with Gasteiger partial charge < -0.3 is 16.9 Å². The lowest BCUT2D eigenvalue weighted by molar-refractivity contribution is -0.870. The molecule has 0 saturated heterocycles. The van der Waals surface area contributed by atoms with Crippen LogP contribution >= 0.6 is 11.8 Å². The van der Waals surface area contributed by atoms with Gasteiger partial charge in [0.05, 0.1) is 27.7 Å². The van der Waals surface area contributed by atoms with E-state index in [2.05, 4.69) is 39.8 Å². The quantitative estimate of drug-likeness (QED) is 0.449. The summed E-state index contributed by atoms with van der Waals surface area (Å²) in [5, 5.41) is 0. The molecular weight excluding hydrogens is 195 g/mol. The summed E-state index contributed by atoms with van der Waals surface area (Å²) in [4.78, 5) is 2.78. The third kappa shape index (κ3) is 8.60. The summed E-state index contributed by atoms with van der Waals surface area (Å²) >= 11 is 5.57. The zero-order chi connectivity index (χ0) is 9.12. The Hall–Kier alpha value is 0.500. The summed E-state index contributed by atoms with van der Waals surface area (Å²) in [6.45, 7) is 5.35. The summed E-state index contributed by atoms with van der Waals surface area (Å²) in [5.41, 5.74) is 0.0487. The van der Waals surface area contributed by atoms with E-state index in [1.165, 1.54) is 0 Å². The summed E-state index contributed by atoms with van der Waals surface area (Å²) < 4.78 is 0.988. The molecule has 0 atom stereocenters. The topological polar surface area (TPSA) is 12.0 Å². The van der Waals surface area contributed by atoms with Crippen LogP contribution in [0.4, 0.5) is 0 Å². The Balaban J connectivity index is 0. The van der Waals surface area contributed by atoms with Crippen LogP contribution in [0.1, 0.15) is 20.3 Å². The lowest BCUT2D eigenvalue weighted by Crippen LogP contribution is -3.00. The van der Waals surface area contributed by atoms with Crippen LogP contribution in [0.25, 0.3) is 0 Å². The van der Waals surface area contributed by atoms with Crippen molar-refractivity contribution < 1.29 is 16.9 Å². The average molecular weight is 215 g/mol. The summed E-state index contributed by atoms with van der Waals surface area (Å²) in [6.07, 6.45) is 1.08. The highest BCUT2D eigenvalue weighted by Crippen LogP contribution is 2.10. The molecule has 0 unspecified atom stereocenters. The number of nitrogens with one attached hydrogen (secondary N) is 1. The van der Waals surface area contributed by atoms with Crippen molar-refractivity contribution in [3.05, 3.63) is 0 Å². The molecule has 0 aliphatic rings. The highest BCUT2D eigenvalue weighted by Gasteiger charge is 2.19. The molecule has 12 heavy (non-hydrogen) atoms. The van der Waals surface area contributed by atoms with Crippen LogP contribution in [-0.2, 0) is 0 Å². The minimum atomic E-state index is 0. The number of hydrogen-bond acceptors (Lipinski definition) is 1. The van der Waals surface area contributed by atoms with Crippen molar-refractivity contribution >= 4 is 11.8 Å². The van der Waals surface area contributed by atoms with Gasteiger partial charge >= 0.3 is 0 Å². The summed E-state index contributed by atoms with van der Waals surface area (Å²) in [7, 11) is 6.55.